The Hall–Kier alpha value is -2.69. The van der Waals surface area contributed by atoms with Gasteiger partial charge in [-0.05, 0) is 31.2 Å². The first kappa shape index (κ1) is 16.7. The van der Waals surface area contributed by atoms with Crippen LogP contribution in [0, 0.1) is 6.92 Å². The summed E-state index contributed by atoms with van der Waals surface area (Å²) >= 11 is 0. The zero-order chi connectivity index (χ0) is 16.7. The first-order valence-corrected chi connectivity index (χ1v) is 7.35. The van der Waals surface area contributed by atoms with Crippen molar-refractivity contribution in [3.8, 4) is 17.2 Å². The molecule has 0 bridgehead atoms. The van der Waals surface area contributed by atoms with Gasteiger partial charge in [0.2, 0.25) is 5.91 Å². The molecule has 0 aliphatic carbocycles. The Kier molecular flexibility index (Phi) is 5.86. The third-order valence-electron chi connectivity index (χ3n) is 3.40. The van der Waals surface area contributed by atoms with Crippen LogP contribution in [0.4, 0.5) is 5.69 Å². The van der Waals surface area contributed by atoms with E-state index in [0.29, 0.717) is 23.8 Å². The molecule has 5 heteroatoms. The van der Waals surface area contributed by atoms with Crippen LogP contribution in [0.5, 0.6) is 17.2 Å². The van der Waals surface area contributed by atoms with Gasteiger partial charge in [-0.1, -0.05) is 18.2 Å². The molecule has 122 valence electrons. The molecule has 0 aliphatic rings. The standard InChI is InChI=1S/C18H21NO4/c1-13-16(21-2)10-9-15(18(13)22-3)19-17(20)11-12-23-14-7-5-4-6-8-14/h4-10H,11-12H2,1-3H3,(H,19,20). The van der Waals surface area contributed by atoms with Crippen LogP contribution in [0.1, 0.15) is 12.0 Å². The average Bonchev–Trinajstić information content (AvgIpc) is 2.56. The quantitative estimate of drug-likeness (QED) is 0.850. The topological polar surface area (TPSA) is 56.8 Å². The van der Waals surface area contributed by atoms with Gasteiger partial charge >= 0.3 is 0 Å². The van der Waals surface area contributed by atoms with E-state index in [4.69, 9.17) is 14.2 Å². The van der Waals surface area contributed by atoms with E-state index >= 15 is 0 Å². The van der Waals surface area contributed by atoms with Crippen LogP contribution in [0.25, 0.3) is 0 Å². The number of ether oxygens (including phenoxy) is 3. The predicted molar refractivity (Wildman–Crippen MR) is 89.5 cm³/mol. The fourth-order valence-corrected chi connectivity index (χ4v) is 2.25. The summed E-state index contributed by atoms with van der Waals surface area (Å²) in [7, 11) is 3.16. The second kappa shape index (κ2) is 8.08. The van der Waals surface area contributed by atoms with Gasteiger partial charge in [-0.2, -0.15) is 0 Å². The Labute approximate surface area is 136 Å². The molecule has 23 heavy (non-hydrogen) atoms. The van der Waals surface area contributed by atoms with Crippen LogP contribution >= 0.6 is 0 Å². The van der Waals surface area contributed by atoms with Crippen molar-refractivity contribution in [2.45, 2.75) is 13.3 Å². The van der Waals surface area contributed by atoms with E-state index in [1.807, 2.05) is 37.3 Å². The molecule has 0 heterocycles. The van der Waals surface area contributed by atoms with Gasteiger partial charge in [0.1, 0.15) is 17.2 Å². The third kappa shape index (κ3) is 4.39. The van der Waals surface area contributed by atoms with Crippen LogP contribution in [0.3, 0.4) is 0 Å². The number of para-hydroxylation sites is 1. The van der Waals surface area contributed by atoms with Crippen molar-refractivity contribution in [2.24, 2.45) is 0 Å². The molecule has 2 rings (SSSR count). The summed E-state index contributed by atoms with van der Waals surface area (Å²) in [5, 5.41) is 2.84. The van der Waals surface area contributed by atoms with Crippen molar-refractivity contribution in [3.05, 3.63) is 48.0 Å². The molecular formula is C18H21NO4. The van der Waals surface area contributed by atoms with Crippen LogP contribution in [-0.4, -0.2) is 26.7 Å². The number of carbonyl (C=O) groups is 1. The molecule has 1 N–H and O–H groups in total. The minimum atomic E-state index is -0.135. The van der Waals surface area contributed by atoms with Crippen molar-refractivity contribution >= 4 is 11.6 Å². The third-order valence-corrected chi connectivity index (χ3v) is 3.40. The predicted octanol–water partition coefficient (Wildman–Crippen LogP) is 3.42. The monoisotopic (exact) mass is 315 g/mol. The van der Waals surface area contributed by atoms with Crippen LogP contribution < -0.4 is 19.5 Å². The van der Waals surface area contributed by atoms with Crippen molar-refractivity contribution in [3.63, 3.8) is 0 Å². The van der Waals surface area contributed by atoms with Crippen molar-refractivity contribution in [2.75, 3.05) is 26.1 Å². The van der Waals surface area contributed by atoms with E-state index in [0.717, 1.165) is 11.3 Å². The van der Waals surface area contributed by atoms with Gasteiger partial charge in [-0.3, -0.25) is 4.79 Å². The SMILES string of the molecule is COc1ccc(NC(=O)CCOc2ccccc2)c(OC)c1C. The van der Waals surface area contributed by atoms with Crippen LogP contribution in [-0.2, 0) is 4.79 Å². The van der Waals surface area contributed by atoms with Gasteiger partial charge in [0.15, 0.2) is 0 Å². The number of carbonyl (C=O) groups excluding carboxylic acids is 1. The van der Waals surface area contributed by atoms with E-state index in [2.05, 4.69) is 5.32 Å². The Balaban J connectivity index is 1.93. The van der Waals surface area contributed by atoms with E-state index < -0.39 is 0 Å². The molecule has 0 saturated heterocycles. The highest BCUT2D eigenvalue weighted by Crippen LogP contribution is 2.34. The summed E-state index contributed by atoms with van der Waals surface area (Å²) in [5.74, 6) is 1.93. The number of nitrogens with one attached hydrogen (secondary N) is 1. The second-order valence-electron chi connectivity index (χ2n) is 4.93. The normalized spacial score (nSPS) is 10.0. The maximum absolute atomic E-state index is 12.1. The zero-order valence-electron chi connectivity index (χ0n) is 13.6. The molecule has 0 aliphatic heterocycles. The Morgan fingerprint density at radius 3 is 2.43 bits per heavy atom. The first-order valence-electron chi connectivity index (χ1n) is 7.35. The molecule has 0 spiro atoms. The fraction of sp³-hybridized carbons (Fsp3) is 0.278. The minimum absolute atomic E-state index is 0.135. The van der Waals surface area contributed by atoms with Crippen molar-refractivity contribution < 1.29 is 19.0 Å². The molecule has 0 atom stereocenters. The van der Waals surface area contributed by atoms with Gasteiger partial charge < -0.3 is 19.5 Å². The number of amides is 1. The molecule has 0 fully saturated rings. The highest BCUT2D eigenvalue weighted by atomic mass is 16.5. The summed E-state index contributed by atoms with van der Waals surface area (Å²) in [6.07, 6.45) is 0.253. The van der Waals surface area contributed by atoms with Gasteiger partial charge in [0.25, 0.3) is 0 Å². The maximum Gasteiger partial charge on any atom is 0.227 e. The number of hydrogen-bond donors (Lipinski definition) is 1. The van der Waals surface area contributed by atoms with E-state index in [9.17, 15) is 4.79 Å². The summed E-state index contributed by atoms with van der Waals surface area (Å²) in [6, 6.07) is 13.0. The molecule has 0 radical (unpaired) electrons. The van der Waals surface area contributed by atoms with Crippen LogP contribution in [0.15, 0.2) is 42.5 Å². The lowest BCUT2D eigenvalue weighted by molar-refractivity contribution is -0.116. The molecule has 0 aromatic heterocycles. The smallest absolute Gasteiger partial charge is 0.227 e. The maximum atomic E-state index is 12.1. The summed E-state index contributed by atoms with van der Waals surface area (Å²) in [4.78, 5) is 12.1. The summed E-state index contributed by atoms with van der Waals surface area (Å²) < 4.78 is 16.1. The molecule has 2 aromatic rings. The minimum Gasteiger partial charge on any atom is -0.496 e. The van der Waals surface area contributed by atoms with E-state index in [1.165, 1.54) is 0 Å². The molecule has 2 aromatic carbocycles. The molecule has 5 nitrogen and oxygen atoms in total. The second-order valence-corrected chi connectivity index (χ2v) is 4.93. The Morgan fingerprint density at radius 2 is 1.78 bits per heavy atom. The summed E-state index contributed by atoms with van der Waals surface area (Å²) in [5.41, 5.74) is 1.46. The zero-order valence-corrected chi connectivity index (χ0v) is 13.6. The average molecular weight is 315 g/mol. The first-order chi connectivity index (χ1) is 11.2. The Morgan fingerprint density at radius 1 is 1.04 bits per heavy atom. The van der Waals surface area contributed by atoms with Gasteiger partial charge in [-0.15, -0.1) is 0 Å². The number of rotatable bonds is 7. The fourth-order valence-electron chi connectivity index (χ4n) is 2.25. The highest BCUT2D eigenvalue weighted by molar-refractivity contribution is 5.92. The van der Waals surface area contributed by atoms with E-state index in [-0.39, 0.29) is 12.3 Å². The lowest BCUT2D eigenvalue weighted by atomic mass is 10.1. The van der Waals surface area contributed by atoms with E-state index in [1.54, 1.807) is 26.4 Å². The van der Waals surface area contributed by atoms with Crippen molar-refractivity contribution in [1.82, 2.24) is 0 Å². The molecule has 0 unspecified atom stereocenters. The van der Waals surface area contributed by atoms with Gasteiger partial charge in [-0.25, -0.2) is 0 Å². The lowest BCUT2D eigenvalue weighted by Gasteiger charge is -2.15. The number of hydrogen-bond acceptors (Lipinski definition) is 4. The number of benzene rings is 2. The number of methoxy groups -OCH3 is 2. The van der Waals surface area contributed by atoms with Gasteiger partial charge in [0, 0.05) is 5.56 Å². The molecule has 0 saturated carbocycles. The Bertz CT molecular complexity index is 656. The molecule has 1 amide bonds. The number of anilines is 1. The summed E-state index contributed by atoms with van der Waals surface area (Å²) in [6.45, 7) is 2.19. The van der Waals surface area contributed by atoms with Crippen molar-refractivity contribution in [1.29, 1.82) is 0 Å². The van der Waals surface area contributed by atoms with Crippen LogP contribution in [0.2, 0.25) is 0 Å². The van der Waals surface area contributed by atoms with Gasteiger partial charge in [0.05, 0.1) is 32.9 Å². The highest BCUT2D eigenvalue weighted by Gasteiger charge is 2.13. The lowest BCUT2D eigenvalue weighted by Crippen LogP contribution is -2.16. The largest absolute Gasteiger partial charge is 0.496 e. The molecular weight excluding hydrogens is 294 g/mol.